The van der Waals surface area contributed by atoms with Gasteiger partial charge >= 0.3 is 0 Å². The van der Waals surface area contributed by atoms with E-state index in [2.05, 4.69) is 5.32 Å². The smallest absolute Gasteiger partial charge is 0.274 e. The summed E-state index contributed by atoms with van der Waals surface area (Å²) in [7, 11) is 0. The molecular weight excluding hydrogens is 420 g/mol. The van der Waals surface area contributed by atoms with Crippen molar-refractivity contribution in [3.05, 3.63) is 69.7 Å². The summed E-state index contributed by atoms with van der Waals surface area (Å²) >= 11 is 1.52. The Labute approximate surface area is 192 Å². The normalized spacial score (nSPS) is 16.9. The summed E-state index contributed by atoms with van der Waals surface area (Å²) in [4.78, 5) is 27.8. The van der Waals surface area contributed by atoms with E-state index in [1.807, 2.05) is 56.7 Å². The molecule has 0 radical (unpaired) electrons. The van der Waals surface area contributed by atoms with Crippen LogP contribution in [-0.4, -0.2) is 45.6 Å². The van der Waals surface area contributed by atoms with Gasteiger partial charge in [0.25, 0.3) is 11.8 Å². The molecule has 2 aliphatic rings. The van der Waals surface area contributed by atoms with E-state index in [0.717, 1.165) is 49.8 Å². The molecular formula is C25H28N4O2S. The second kappa shape index (κ2) is 9.28. The first-order valence-electron chi connectivity index (χ1n) is 11.5. The summed E-state index contributed by atoms with van der Waals surface area (Å²) in [5.74, 6) is 0.00314. The van der Waals surface area contributed by atoms with Crippen molar-refractivity contribution in [2.24, 2.45) is 0 Å². The predicted molar refractivity (Wildman–Crippen MR) is 126 cm³/mol. The molecule has 7 heteroatoms. The summed E-state index contributed by atoms with van der Waals surface area (Å²) in [6.45, 7) is 1.28. The minimum atomic E-state index is -0.0250. The van der Waals surface area contributed by atoms with Gasteiger partial charge in [-0.15, -0.1) is 0 Å². The number of carbonyl (C=O) groups is 2. The van der Waals surface area contributed by atoms with Gasteiger partial charge in [0.05, 0.1) is 5.69 Å². The van der Waals surface area contributed by atoms with Gasteiger partial charge in [0, 0.05) is 41.3 Å². The Morgan fingerprint density at radius 3 is 2.53 bits per heavy atom. The van der Waals surface area contributed by atoms with Gasteiger partial charge in [0.1, 0.15) is 0 Å². The molecule has 5 rings (SSSR count). The van der Waals surface area contributed by atoms with E-state index in [0.29, 0.717) is 24.3 Å². The molecule has 0 saturated carbocycles. The zero-order chi connectivity index (χ0) is 21.9. The molecule has 32 heavy (non-hydrogen) atoms. The summed E-state index contributed by atoms with van der Waals surface area (Å²) in [5, 5.41) is 11.7. The molecule has 1 fully saturated rings. The van der Waals surface area contributed by atoms with Crippen LogP contribution in [0.2, 0.25) is 0 Å². The van der Waals surface area contributed by atoms with E-state index in [-0.39, 0.29) is 17.9 Å². The molecule has 1 saturated heterocycles. The van der Waals surface area contributed by atoms with Crippen molar-refractivity contribution in [1.82, 2.24) is 20.0 Å². The van der Waals surface area contributed by atoms with Crippen molar-refractivity contribution in [2.45, 2.75) is 51.0 Å². The number of hydrogen-bond donors (Lipinski definition) is 1. The fourth-order valence-corrected chi connectivity index (χ4v) is 5.41. The maximum absolute atomic E-state index is 13.5. The number of para-hydroxylation sites is 1. The third kappa shape index (κ3) is 4.21. The van der Waals surface area contributed by atoms with Crippen LogP contribution in [0.4, 0.5) is 0 Å². The summed E-state index contributed by atoms with van der Waals surface area (Å²) in [5.41, 5.74) is 4.66. The average molecular weight is 449 g/mol. The molecule has 3 aromatic rings. The van der Waals surface area contributed by atoms with Gasteiger partial charge in [-0.3, -0.25) is 9.59 Å². The Bertz CT molecular complexity index is 1080. The highest BCUT2D eigenvalue weighted by Gasteiger charge is 2.30. The van der Waals surface area contributed by atoms with Crippen LogP contribution in [0, 0.1) is 0 Å². The maximum Gasteiger partial charge on any atom is 0.274 e. The lowest BCUT2D eigenvalue weighted by Gasteiger charge is -2.32. The minimum Gasteiger partial charge on any atom is -0.349 e. The number of nitrogens with zero attached hydrogens (tertiary/aromatic N) is 3. The van der Waals surface area contributed by atoms with Gasteiger partial charge in [0.15, 0.2) is 5.69 Å². The largest absolute Gasteiger partial charge is 0.349 e. The van der Waals surface area contributed by atoms with Crippen molar-refractivity contribution >= 4 is 23.2 Å². The second-order valence-electron chi connectivity index (χ2n) is 8.63. The number of carbonyl (C=O) groups excluding carboxylic acids is 2. The highest BCUT2D eigenvalue weighted by atomic mass is 32.1. The number of thiophene rings is 1. The van der Waals surface area contributed by atoms with Crippen LogP contribution in [0.1, 0.15) is 64.2 Å². The molecule has 1 N–H and O–H groups in total. The Hall–Kier alpha value is -2.93. The lowest BCUT2D eigenvalue weighted by molar-refractivity contribution is 0.0691. The molecule has 6 nitrogen and oxygen atoms in total. The van der Waals surface area contributed by atoms with Crippen molar-refractivity contribution in [1.29, 1.82) is 0 Å². The van der Waals surface area contributed by atoms with E-state index in [1.54, 1.807) is 0 Å². The quantitative estimate of drug-likeness (QED) is 0.607. The monoisotopic (exact) mass is 448 g/mol. The molecule has 0 spiro atoms. The molecule has 0 unspecified atom stereocenters. The van der Waals surface area contributed by atoms with E-state index in [1.165, 1.54) is 23.5 Å². The fraction of sp³-hybridized carbons (Fsp3) is 0.400. The van der Waals surface area contributed by atoms with Crippen molar-refractivity contribution in [3.63, 3.8) is 0 Å². The number of nitrogens with one attached hydrogen (secondary N) is 1. The number of likely N-dealkylation sites (tertiary alicyclic amines) is 1. The van der Waals surface area contributed by atoms with Crippen LogP contribution in [-0.2, 0) is 12.8 Å². The van der Waals surface area contributed by atoms with Crippen molar-refractivity contribution in [3.8, 4) is 5.69 Å². The highest BCUT2D eigenvalue weighted by Crippen LogP contribution is 2.28. The average Bonchev–Trinajstić information content (AvgIpc) is 3.43. The van der Waals surface area contributed by atoms with Gasteiger partial charge in [-0.05, 0) is 62.1 Å². The lowest BCUT2D eigenvalue weighted by Crippen LogP contribution is -2.46. The molecule has 3 heterocycles. The zero-order valence-corrected chi connectivity index (χ0v) is 18.9. The van der Waals surface area contributed by atoms with Crippen LogP contribution in [0.25, 0.3) is 5.69 Å². The molecule has 1 aliphatic carbocycles. The summed E-state index contributed by atoms with van der Waals surface area (Å²) in [6.07, 6.45) is 6.83. The fourth-order valence-electron chi connectivity index (χ4n) is 4.77. The second-order valence-corrected chi connectivity index (χ2v) is 9.41. The predicted octanol–water partition coefficient (Wildman–Crippen LogP) is 4.24. The molecule has 0 atom stereocenters. The number of benzene rings is 1. The number of hydrogen-bond acceptors (Lipinski definition) is 4. The van der Waals surface area contributed by atoms with Gasteiger partial charge in [-0.2, -0.15) is 16.4 Å². The molecule has 1 aromatic carbocycles. The first-order chi connectivity index (χ1) is 15.7. The van der Waals surface area contributed by atoms with E-state index < -0.39 is 0 Å². The molecule has 166 valence electrons. The van der Waals surface area contributed by atoms with Crippen LogP contribution >= 0.6 is 11.3 Å². The SMILES string of the molecule is O=C(NC1CCN(C(=O)c2nn(-c3ccccc3)c3c2CCCCC3)CC1)c1ccsc1. The Kier molecular flexibility index (Phi) is 6.08. The van der Waals surface area contributed by atoms with Gasteiger partial charge in [0.2, 0.25) is 0 Å². The first kappa shape index (κ1) is 20.9. The summed E-state index contributed by atoms with van der Waals surface area (Å²) in [6, 6.07) is 12.1. The minimum absolute atomic E-state index is 0.0250. The topological polar surface area (TPSA) is 67.2 Å². The van der Waals surface area contributed by atoms with Crippen LogP contribution in [0.15, 0.2) is 47.2 Å². The number of piperidine rings is 1. The number of aromatic nitrogens is 2. The lowest BCUT2D eigenvalue weighted by atomic mass is 10.0. The highest BCUT2D eigenvalue weighted by molar-refractivity contribution is 7.08. The van der Waals surface area contributed by atoms with E-state index in [4.69, 9.17) is 5.10 Å². The molecule has 0 bridgehead atoms. The van der Waals surface area contributed by atoms with Crippen LogP contribution < -0.4 is 5.32 Å². The van der Waals surface area contributed by atoms with E-state index in [9.17, 15) is 9.59 Å². The number of rotatable bonds is 4. The van der Waals surface area contributed by atoms with Crippen LogP contribution in [0.5, 0.6) is 0 Å². The molecule has 2 amide bonds. The maximum atomic E-state index is 13.5. The van der Waals surface area contributed by atoms with Crippen molar-refractivity contribution < 1.29 is 9.59 Å². The number of fused-ring (bicyclic) bond motifs is 1. The molecule has 1 aliphatic heterocycles. The third-order valence-corrected chi connectivity index (χ3v) is 7.22. The third-order valence-electron chi connectivity index (χ3n) is 6.53. The molecule has 2 aromatic heterocycles. The zero-order valence-electron chi connectivity index (χ0n) is 18.1. The Morgan fingerprint density at radius 2 is 1.78 bits per heavy atom. The van der Waals surface area contributed by atoms with Gasteiger partial charge in [-0.25, -0.2) is 4.68 Å². The Balaban J connectivity index is 1.32. The van der Waals surface area contributed by atoms with Crippen molar-refractivity contribution in [2.75, 3.05) is 13.1 Å². The van der Waals surface area contributed by atoms with Gasteiger partial charge < -0.3 is 10.2 Å². The standard InChI is InChI=1S/C25H28N4O2S/c30-24(18-13-16-32-17-18)26-19-11-14-28(15-12-19)25(31)23-21-9-5-2-6-10-22(21)29(27-23)20-7-3-1-4-8-20/h1,3-4,7-8,13,16-17,19H,2,5-6,9-12,14-15H2,(H,26,30). The van der Waals surface area contributed by atoms with E-state index >= 15 is 0 Å². The van der Waals surface area contributed by atoms with Gasteiger partial charge in [-0.1, -0.05) is 24.6 Å². The Morgan fingerprint density at radius 1 is 1.00 bits per heavy atom. The number of amides is 2. The summed E-state index contributed by atoms with van der Waals surface area (Å²) < 4.78 is 1.99. The van der Waals surface area contributed by atoms with Crippen LogP contribution in [0.3, 0.4) is 0 Å². The first-order valence-corrected chi connectivity index (χ1v) is 12.4.